The summed E-state index contributed by atoms with van der Waals surface area (Å²) >= 11 is 14.0. The van der Waals surface area contributed by atoms with Crippen molar-refractivity contribution in [3.63, 3.8) is 0 Å². The van der Waals surface area contributed by atoms with Crippen molar-refractivity contribution in [3.8, 4) is 5.06 Å². The van der Waals surface area contributed by atoms with E-state index >= 15 is 0 Å². The lowest BCUT2D eigenvalue weighted by molar-refractivity contribution is -0.138. The highest BCUT2D eigenvalue weighted by molar-refractivity contribution is 7.11. The maximum absolute atomic E-state index is 12.4. The van der Waals surface area contributed by atoms with Gasteiger partial charge in [-0.15, -0.1) is 11.3 Å². The molecule has 32 heavy (non-hydrogen) atoms. The summed E-state index contributed by atoms with van der Waals surface area (Å²) in [5.74, 6) is -0.142. The maximum Gasteiger partial charge on any atom is 0.334 e. The number of imidazole rings is 1. The van der Waals surface area contributed by atoms with Gasteiger partial charge in [-0.1, -0.05) is 55.1 Å². The number of hydrogen-bond donors (Lipinski definition) is 2. The number of hydrogen-bond acceptors (Lipinski definition) is 5. The normalized spacial score (nSPS) is 12.9. The number of aromatic amines is 1. The van der Waals surface area contributed by atoms with Crippen LogP contribution in [0, 0.1) is 0 Å². The fourth-order valence-electron chi connectivity index (χ4n) is 3.31. The first-order valence-corrected chi connectivity index (χ1v) is 12.0. The van der Waals surface area contributed by atoms with Gasteiger partial charge in [0.25, 0.3) is 0 Å². The quantitative estimate of drug-likeness (QED) is 0.352. The Balaban J connectivity index is 1.65. The molecule has 2 atom stereocenters. The predicted octanol–water partition coefficient (Wildman–Crippen LogP) is 5.75. The number of halogens is 2. The molecule has 0 fully saturated rings. The first-order chi connectivity index (χ1) is 15.4. The van der Waals surface area contributed by atoms with Crippen LogP contribution in [0.1, 0.15) is 56.1 Å². The van der Waals surface area contributed by atoms with E-state index in [1.54, 1.807) is 31.3 Å². The van der Waals surface area contributed by atoms with Gasteiger partial charge in [-0.05, 0) is 42.5 Å². The Hall–Kier alpha value is -2.35. The van der Waals surface area contributed by atoms with Crippen LogP contribution in [0.5, 0.6) is 5.06 Å². The summed E-state index contributed by atoms with van der Waals surface area (Å²) in [6.45, 7) is 3.72. The molecule has 2 heterocycles. The number of carbonyl (C=O) groups is 2. The molecule has 3 aromatic rings. The van der Waals surface area contributed by atoms with E-state index < -0.39 is 12.0 Å². The number of carbonyl (C=O) groups excluding carboxylic acids is 2. The molecule has 0 bridgehead atoms. The highest BCUT2D eigenvalue weighted by atomic mass is 35.5. The fourth-order valence-corrected chi connectivity index (χ4v) is 4.33. The molecule has 0 radical (unpaired) electrons. The zero-order valence-electron chi connectivity index (χ0n) is 17.9. The second-order valence-electron chi connectivity index (χ2n) is 7.45. The molecule has 170 valence electrons. The minimum absolute atomic E-state index is 0.0577. The minimum atomic E-state index is -0.769. The molecule has 0 spiro atoms. The Morgan fingerprint density at radius 2 is 2.06 bits per heavy atom. The SMILES string of the molecule is CCCCC(c1ncc(CC(=O)N[C@@H](C)C(=O)Oc2cccs2)[nH]1)c1cccc(Cl)c1Cl. The molecule has 6 nitrogen and oxygen atoms in total. The van der Waals surface area contributed by atoms with Crippen LogP contribution in [0.4, 0.5) is 0 Å². The van der Waals surface area contributed by atoms with Gasteiger partial charge in [-0.3, -0.25) is 4.79 Å². The Morgan fingerprint density at radius 3 is 2.78 bits per heavy atom. The van der Waals surface area contributed by atoms with Gasteiger partial charge in [0.2, 0.25) is 5.91 Å². The van der Waals surface area contributed by atoms with Crippen molar-refractivity contribution in [3.05, 3.63) is 69.0 Å². The van der Waals surface area contributed by atoms with E-state index in [-0.39, 0.29) is 18.2 Å². The number of benzene rings is 1. The van der Waals surface area contributed by atoms with Gasteiger partial charge in [-0.2, -0.15) is 0 Å². The van der Waals surface area contributed by atoms with Crippen LogP contribution in [-0.4, -0.2) is 27.9 Å². The summed E-state index contributed by atoms with van der Waals surface area (Å²) in [4.78, 5) is 32.3. The summed E-state index contributed by atoms with van der Waals surface area (Å²) in [6.07, 6.45) is 4.58. The van der Waals surface area contributed by atoms with E-state index in [0.29, 0.717) is 20.8 Å². The molecule has 9 heteroatoms. The molecule has 0 aliphatic rings. The van der Waals surface area contributed by atoms with Crippen molar-refractivity contribution >= 4 is 46.4 Å². The van der Waals surface area contributed by atoms with Crippen LogP contribution in [0.3, 0.4) is 0 Å². The van der Waals surface area contributed by atoms with Crippen molar-refractivity contribution < 1.29 is 14.3 Å². The number of aromatic nitrogens is 2. The van der Waals surface area contributed by atoms with Crippen LogP contribution in [0.15, 0.2) is 41.9 Å². The highest BCUT2D eigenvalue weighted by Crippen LogP contribution is 2.36. The van der Waals surface area contributed by atoms with Crippen LogP contribution in [-0.2, 0) is 16.0 Å². The number of rotatable bonds is 10. The lowest BCUT2D eigenvalue weighted by atomic mass is 9.93. The van der Waals surface area contributed by atoms with Crippen molar-refractivity contribution in [1.82, 2.24) is 15.3 Å². The van der Waals surface area contributed by atoms with Gasteiger partial charge in [0.15, 0.2) is 5.06 Å². The second-order valence-corrected chi connectivity index (χ2v) is 9.15. The van der Waals surface area contributed by atoms with Crippen LogP contribution >= 0.6 is 34.5 Å². The van der Waals surface area contributed by atoms with Crippen LogP contribution < -0.4 is 10.1 Å². The third kappa shape index (κ3) is 6.34. The summed E-state index contributed by atoms with van der Waals surface area (Å²) < 4.78 is 5.23. The zero-order valence-corrected chi connectivity index (χ0v) is 20.2. The molecule has 2 aromatic heterocycles. The standard InChI is InChI=1S/C23H25Cl2N3O3S/c1-3-4-7-17(16-8-5-9-18(24)21(16)25)22-26-13-15(28-22)12-19(29)27-14(2)23(30)31-20-10-6-11-32-20/h5-6,8-11,13-14,17H,3-4,7,12H2,1-2H3,(H,26,28)(H,27,29)/t14-,17?/m0/s1. The Morgan fingerprint density at radius 1 is 1.25 bits per heavy atom. The number of thiophene rings is 1. The van der Waals surface area contributed by atoms with Crippen molar-refractivity contribution in [2.24, 2.45) is 0 Å². The van der Waals surface area contributed by atoms with Crippen LogP contribution in [0.2, 0.25) is 10.0 Å². The highest BCUT2D eigenvalue weighted by Gasteiger charge is 2.22. The lowest BCUT2D eigenvalue weighted by Gasteiger charge is -2.17. The number of H-pyrrole nitrogens is 1. The monoisotopic (exact) mass is 493 g/mol. The zero-order chi connectivity index (χ0) is 23.1. The van der Waals surface area contributed by atoms with Gasteiger partial charge in [0, 0.05) is 17.8 Å². The molecule has 0 saturated carbocycles. The molecule has 1 unspecified atom stereocenters. The Labute approximate surface area is 201 Å². The summed E-state index contributed by atoms with van der Waals surface area (Å²) in [7, 11) is 0. The van der Waals surface area contributed by atoms with Gasteiger partial charge in [0.1, 0.15) is 11.9 Å². The molecule has 0 saturated heterocycles. The molecular weight excluding hydrogens is 469 g/mol. The number of nitrogens with one attached hydrogen (secondary N) is 2. The van der Waals surface area contributed by atoms with E-state index in [1.165, 1.54) is 11.3 Å². The summed E-state index contributed by atoms with van der Waals surface area (Å²) in [6, 6.07) is 8.30. The summed E-state index contributed by atoms with van der Waals surface area (Å²) in [5, 5.41) is 5.99. The maximum atomic E-state index is 12.4. The third-order valence-electron chi connectivity index (χ3n) is 4.96. The van der Waals surface area contributed by atoms with E-state index in [4.69, 9.17) is 27.9 Å². The molecular formula is C23H25Cl2N3O3S. The first-order valence-electron chi connectivity index (χ1n) is 10.4. The Bertz CT molecular complexity index is 1050. The molecule has 2 N–H and O–H groups in total. The Kier molecular flexibility index (Phi) is 8.73. The first kappa shape index (κ1) is 24.3. The van der Waals surface area contributed by atoms with E-state index in [1.807, 2.05) is 17.5 Å². The van der Waals surface area contributed by atoms with E-state index in [9.17, 15) is 9.59 Å². The summed E-state index contributed by atoms with van der Waals surface area (Å²) in [5.41, 5.74) is 1.55. The van der Waals surface area contributed by atoms with Crippen LogP contribution in [0.25, 0.3) is 0 Å². The van der Waals surface area contributed by atoms with Crippen molar-refractivity contribution in [2.75, 3.05) is 0 Å². The van der Waals surface area contributed by atoms with E-state index in [0.717, 1.165) is 30.7 Å². The second kappa shape index (κ2) is 11.5. The average Bonchev–Trinajstić information content (AvgIpc) is 3.43. The average molecular weight is 494 g/mol. The van der Waals surface area contributed by atoms with Crippen molar-refractivity contribution in [1.29, 1.82) is 0 Å². The van der Waals surface area contributed by atoms with Gasteiger partial charge in [-0.25, -0.2) is 9.78 Å². The lowest BCUT2D eigenvalue weighted by Crippen LogP contribution is -2.41. The number of ether oxygens (including phenoxy) is 1. The molecule has 0 aliphatic carbocycles. The molecule has 1 aromatic carbocycles. The van der Waals surface area contributed by atoms with Gasteiger partial charge < -0.3 is 15.0 Å². The molecule has 0 aliphatic heterocycles. The van der Waals surface area contributed by atoms with Gasteiger partial charge in [0.05, 0.1) is 16.5 Å². The molecule has 3 rings (SSSR count). The number of nitrogens with zero attached hydrogens (tertiary/aromatic N) is 1. The van der Waals surface area contributed by atoms with Crippen molar-refractivity contribution in [2.45, 2.75) is 51.5 Å². The van der Waals surface area contributed by atoms with E-state index in [2.05, 4.69) is 22.2 Å². The number of unbranched alkanes of at least 4 members (excludes halogenated alkanes) is 1. The minimum Gasteiger partial charge on any atom is -0.414 e. The number of amides is 1. The number of esters is 1. The van der Waals surface area contributed by atoms with Gasteiger partial charge >= 0.3 is 5.97 Å². The topological polar surface area (TPSA) is 84.1 Å². The fraction of sp³-hybridized carbons (Fsp3) is 0.348. The smallest absolute Gasteiger partial charge is 0.334 e. The third-order valence-corrected chi connectivity index (χ3v) is 6.54. The predicted molar refractivity (Wildman–Crippen MR) is 128 cm³/mol. The molecule has 1 amide bonds. The largest absolute Gasteiger partial charge is 0.414 e.